The number of benzene rings is 1. The number of urea groups is 1. The average Bonchev–Trinajstić information content (AvgIpc) is 2.65. The first-order chi connectivity index (χ1) is 7.66. The van der Waals surface area contributed by atoms with E-state index in [4.69, 9.17) is 0 Å². The van der Waals surface area contributed by atoms with Crippen LogP contribution in [0.5, 0.6) is 0 Å². The van der Waals surface area contributed by atoms with Crippen LogP contribution in [-0.2, 0) is 16.5 Å². The standard InChI is InChI=1S/C10H12N2O3S/c13-10-11-5-6-12(10)9-3-1-8(2-4-9)7-16(14)15/h1-4,16H,5-7H2,(H,11,13). The molecule has 1 aromatic rings. The van der Waals surface area contributed by atoms with Crippen LogP contribution in [0, 0.1) is 0 Å². The first-order valence-electron chi connectivity index (χ1n) is 4.93. The quantitative estimate of drug-likeness (QED) is 0.748. The monoisotopic (exact) mass is 240 g/mol. The van der Waals surface area contributed by atoms with Crippen LogP contribution < -0.4 is 10.2 Å². The fourth-order valence-corrected chi connectivity index (χ4v) is 2.16. The molecule has 0 saturated carbocycles. The molecule has 0 aliphatic carbocycles. The molecule has 1 aromatic carbocycles. The van der Waals surface area contributed by atoms with Crippen LogP contribution in [0.4, 0.5) is 10.5 Å². The molecular weight excluding hydrogens is 228 g/mol. The Labute approximate surface area is 95.0 Å². The molecule has 1 aliphatic rings. The predicted molar refractivity (Wildman–Crippen MR) is 61.2 cm³/mol. The molecule has 1 heterocycles. The van der Waals surface area contributed by atoms with Gasteiger partial charge in [-0.1, -0.05) is 12.1 Å². The fourth-order valence-electron chi connectivity index (χ4n) is 1.65. The van der Waals surface area contributed by atoms with Gasteiger partial charge in [0, 0.05) is 18.8 Å². The van der Waals surface area contributed by atoms with Crippen molar-refractivity contribution in [1.29, 1.82) is 0 Å². The van der Waals surface area contributed by atoms with Gasteiger partial charge in [0.2, 0.25) is 0 Å². The highest BCUT2D eigenvalue weighted by atomic mass is 32.2. The van der Waals surface area contributed by atoms with Crippen LogP contribution in [-0.4, -0.2) is 27.5 Å². The number of carbonyl (C=O) groups excluding carboxylic acids is 1. The Bertz CT molecular complexity index is 459. The summed E-state index contributed by atoms with van der Waals surface area (Å²) in [6, 6.07) is 6.87. The average molecular weight is 240 g/mol. The number of carbonyl (C=O) groups is 1. The third kappa shape index (κ3) is 2.33. The number of amides is 2. The molecule has 0 aromatic heterocycles. The lowest BCUT2D eigenvalue weighted by atomic mass is 10.2. The van der Waals surface area contributed by atoms with Crippen LogP contribution in [0.25, 0.3) is 0 Å². The minimum atomic E-state index is -2.40. The van der Waals surface area contributed by atoms with E-state index in [9.17, 15) is 13.2 Å². The number of thiol groups is 1. The van der Waals surface area contributed by atoms with E-state index in [1.54, 1.807) is 29.2 Å². The molecule has 1 fully saturated rings. The lowest BCUT2D eigenvalue weighted by Gasteiger charge is -2.14. The van der Waals surface area contributed by atoms with Crippen LogP contribution in [0.1, 0.15) is 5.56 Å². The van der Waals surface area contributed by atoms with Crippen molar-refractivity contribution in [2.45, 2.75) is 5.75 Å². The molecule has 2 rings (SSSR count). The molecule has 1 saturated heterocycles. The number of nitrogens with zero attached hydrogens (tertiary/aromatic N) is 1. The molecule has 0 spiro atoms. The van der Waals surface area contributed by atoms with Crippen molar-refractivity contribution in [3.05, 3.63) is 29.8 Å². The summed E-state index contributed by atoms with van der Waals surface area (Å²) in [7, 11) is -2.40. The normalized spacial score (nSPS) is 15.6. The van der Waals surface area contributed by atoms with Gasteiger partial charge >= 0.3 is 6.03 Å². The molecule has 5 nitrogen and oxygen atoms in total. The maximum atomic E-state index is 11.4. The van der Waals surface area contributed by atoms with Crippen LogP contribution in [0.2, 0.25) is 0 Å². The number of hydrogen-bond donors (Lipinski definition) is 2. The Morgan fingerprint density at radius 2 is 1.94 bits per heavy atom. The van der Waals surface area contributed by atoms with Crippen molar-refractivity contribution in [3.8, 4) is 0 Å². The van der Waals surface area contributed by atoms with Gasteiger partial charge in [-0.15, -0.1) is 0 Å². The number of anilines is 1. The third-order valence-electron chi connectivity index (χ3n) is 2.42. The van der Waals surface area contributed by atoms with E-state index in [2.05, 4.69) is 5.32 Å². The van der Waals surface area contributed by atoms with Crippen molar-refractivity contribution in [2.24, 2.45) is 0 Å². The van der Waals surface area contributed by atoms with Gasteiger partial charge in [0.15, 0.2) is 0 Å². The maximum absolute atomic E-state index is 11.4. The Morgan fingerprint density at radius 3 is 2.44 bits per heavy atom. The molecule has 0 radical (unpaired) electrons. The first-order valence-corrected chi connectivity index (χ1v) is 6.29. The largest absolute Gasteiger partial charge is 0.336 e. The summed E-state index contributed by atoms with van der Waals surface area (Å²) in [5, 5.41) is 2.71. The minimum absolute atomic E-state index is 0.0435. The zero-order chi connectivity index (χ0) is 11.5. The smallest absolute Gasteiger partial charge is 0.321 e. The van der Waals surface area contributed by atoms with Gasteiger partial charge in [0.25, 0.3) is 0 Å². The molecule has 2 amide bonds. The van der Waals surface area contributed by atoms with Gasteiger partial charge in [0.1, 0.15) is 10.7 Å². The van der Waals surface area contributed by atoms with Gasteiger partial charge < -0.3 is 5.32 Å². The summed E-state index contributed by atoms with van der Waals surface area (Å²) in [6.07, 6.45) is 0. The Balaban J connectivity index is 2.15. The molecule has 6 heteroatoms. The van der Waals surface area contributed by atoms with Gasteiger partial charge in [0.05, 0.1) is 5.75 Å². The molecule has 0 unspecified atom stereocenters. The van der Waals surface area contributed by atoms with E-state index >= 15 is 0 Å². The third-order valence-corrected chi connectivity index (χ3v) is 3.04. The van der Waals surface area contributed by atoms with E-state index in [1.165, 1.54) is 0 Å². The second-order valence-electron chi connectivity index (χ2n) is 3.54. The highest BCUT2D eigenvalue weighted by Gasteiger charge is 2.20. The highest BCUT2D eigenvalue weighted by molar-refractivity contribution is 7.71. The van der Waals surface area contributed by atoms with Gasteiger partial charge in [-0.3, -0.25) is 4.90 Å². The summed E-state index contributed by atoms with van der Waals surface area (Å²) in [4.78, 5) is 13.0. The number of rotatable bonds is 3. The van der Waals surface area contributed by atoms with E-state index in [0.29, 0.717) is 13.1 Å². The molecule has 16 heavy (non-hydrogen) atoms. The molecule has 0 bridgehead atoms. The summed E-state index contributed by atoms with van der Waals surface area (Å²) >= 11 is 0. The number of nitrogens with one attached hydrogen (secondary N) is 1. The van der Waals surface area contributed by atoms with Gasteiger partial charge in [-0.25, -0.2) is 13.2 Å². The molecule has 1 aliphatic heterocycles. The second-order valence-corrected chi connectivity index (χ2v) is 4.52. The molecule has 86 valence electrons. The van der Waals surface area contributed by atoms with Crippen molar-refractivity contribution >= 4 is 22.4 Å². The number of hydrogen-bond acceptors (Lipinski definition) is 3. The molecule has 0 atom stereocenters. The summed E-state index contributed by atoms with van der Waals surface area (Å²) < 4.78 is 21.0. The van der Waals surface area contributed by atoms with E-state index in [0.717, 1.165) is 11.3 Å². The SMILES string of the molecule is O=C1NCCN1c1ccc(C[SH](=O)=O)cc1. The Morgan fingerprint density at radius 1 is 1.25 bits per heavy atom. The zero-order valence-corrected chi connectivity index (χ0v) is 9.44. The van der Waals surface area contributed by atoms with E-state index in [-0.39, 0.29) is 11.8 Å². The lowest BCUT2D eigenvalue weighted by Crippen LogP contribution is -2.27. The maximum Gasteiger partial charge on any atom is 0.321 e. The Hall–Kier alpha value is -1.56. The summed E-state index contributed by atoms with van der Waals surface area (Å²) in [5.74, 6) is 0.0435. The van der Waals surface area contributed by atoms with Crippen LogP contribution in [0.3, 0.4) is 0 Å². The van der Waals surface area contributed by atoms with Crippen LogP contribution >= 0.6 is 0 Å². The van der Waals surface area contributed by atoms with Crippen molar-refractivity contribution in [1.82, 2.24) is 5.32 Å². The van der Waals surface area contributed by atoms with Crippen molar-refractivity contribution in [2.75, 3.05) is 18.0 Å². The lowest BCUT2D eigenvalue weighted by molar-refractivity contribution is 0.252. The van der Waals surface area contributed by atoms with Crippen LogP contribution in [0.15, 0.2) is 24.3 Å². The van der Waals surface area contributed by atoms with Crippen molar-refractivity contribution < 1.29 is 13.2 Å². The van der Waals surface area contributed by atoms with E-state index < -0.39 is 10.7 Å². The molecule has 1 N–H and O–H groups in total. The zero-order valence-electron chi connectivity index (χ0n) is 8.55. The highest BCUT2D eigenvalue weighted by Crippen LogP contribution is 2.17. The topological polar surface area (TPSA) is 66.5 Å². The summed E-state index contributed by atoms with van der Waals surface area (Å²) in [5.41, 5.74) is 1.53. The predicted octanol–water partition coefficient (Wildman–Crippen LogP) is 0.328. The first kappa shape index (κ1) is 10.9. The Kier molecular flexibility index (Phi) is 3.09. The van der Waals surface area contributed by atoms with Gasteiger partial charge in [-0.05, 0) is 17.7 Å². The van der Waals surface area contributed by atoms with E-state index in [1.807, 2.05) is 0 Å². The fraction of sp³-hybridized carbons (Fsp3) is 0.300. The second kappa shape index (κ2) is 4.52. The minimum Gasteiger partial charge on any atom is -0.336 e. The summed E-state index contributed by atoms with van der Waals surface area (Å²) in [6.45, 7) is 1.29. The molecular formula is C10H12N2O3S. The van der Waals surface area contributed by atoms with Crippen molar-refractivity contribution in [3.63, 3.8) is 0 Å². The van der Waals surface area contributed by atoms with Gasteiger partial charge in [-0.2, -0.15) is 0 Å².